The Kier molecular flexibility index (Phi) is 3.46. The Balaban J connectivity index is 2.13. The number of ether oxygens (including phenoxy) is 1. The van der Waals surface area contributed by atoms with Gasteiger partial charge in [-0.1, -0.05) is 24.3 Å². The number of hydrogen-bond donors (Lipinski definition) is 1. The van der Waals surface area contributed by atoms with Gasteiger partial charge in [0.15, 0.2) is 0 Å². The van der Waals surface area contributed by atoms with Gasteiger partial charge in [-0.25, -0.2) is 0 Å². The van der Waals surface area contributed by atoms with Gasteiger partial charge in [-0.2, -0.15) is 0 Å². The monoisotopic (exact) mass is 281 g/mol. The van der Waals surface area contributed by atoms with E-state index in [1.807, 2.05) is 24.3 Å². The topological polar surface area (TPSA) is 51.5 Å². The fourth-order valence-electron chi connectivity index (χ4n) is 2.44. The van der Waals surface area contributed by atoms with Gasteiger partial charge in [-0.3, -0.25) is 9.36 Å². The maximum absolute atomic E-state index is 12.7. The minimum atomic E-state index is -0.148. The summed E-state index contributed by atoms with van der Waals surface area (Å²) < 4.78 is 6.72. The van der Waals surface area contributed by atoms with Gasteiger partial charge in [0, 0.05) is 22.7 Å². The van der Waals surface area contributed by atoms with E-state index in [0.29, 0.717) is 11.3 Å². The Morgan fingerprint density at radius 3 is 2.76 bits per heavy atom. The van der Waals surface area contributed by atoms with Gasteiger partial charge in [-0.05, 0) is 24.3 Å². The lowest BCUT2D eigenvalue weighted by molar-refractivity contribution is 0.0964. The van der Waals surface area contributed by atoms with Crippen LogP contribution in [-0.2, 0) is 6.61 Å². The van der Waals surface area contributed by atoms with E-state index in [9.17, 15) is 9.90 Å². The molecule has 1 heterocycles. The fourth-order valence-corrected chi connectivity index (χ4v) is 2.44. The normalized spacial score (nSPS) is 10.8. The van der Waals surface area contributed by atoms with Crippen LogP contribution in [-0.4, -0.2) is 22.7 Å². The number of para-hydroxylation sites is 1. The Labute approximate surface area is 122 Å². The molecule has 3 rings (SSSR count). The van der Waals surface area contributed by atoms with Crippen LogP contribution in [0.3, 0.4) is 0 Å². The summed E-state index contributed by atoms with van der Waals surface area (Å²) in [5.41, 5.74) is 2.07. The van der Waals surface area contributed by atoms with Crippen molar-refractivity contribution >= 4 is 16.8 Å². The molecule has 0 saturated heterocycles. The first-order valence-corrected chi connectivity index (χ1v) is 6.63. The largest absolute Gasteiger partial charge is 0.497 e. The number of aliphatic hydroxyl groups excluding tert-OH is 1. The van der Waals surface area contributed by atoms with E-state index in [0.717, 1.165) is 16.5 Å². The standard InChI is InChI=1S/C17H15NO3/c1-21-14-6-4-5-12(9-14)17(20)18-10-13(11-19)15-7-2-3-8-16(15)18/h2-10,19H,11H2,1H3. The molecule has 0 aliphatic heterocycles. The lowest BCUT2D eigenvalue weighted by Gasteiger charge is -2.06. The Hall–Kier alpha value is -2.59. The summed E-state index contributed by atoms with van der Waals surface area (Å²) in [5.74, 6) is 0.490. The number of rotatable bonds is 3. The predicted molar refractivity (Wildman–Crippen MR) is 80.6 cm³/mol. The maximum atomic E-state index is 12.7. The van der Waals surface area contributed by atoms with Crippen LogP contribution in [0.5, 0.6) is 5.75 Å². The Morgan fingerprint density at radius 2 is 2.00 bits per heavy atom. The maximum Gasteiger partial charge on any atom is 0.262 e. The number of methoxy groups -OCH3 is 1. The van der Waals surface area contributed by atoms with E-state index in [1.54, 1.807) is 42.1 Å². The van der Waals surface area contributed by atoms with Crippen molar-refractivity contribution in [1.29, 1.82) is 0 Å². The van der Waals surface area contributed by atoms with Crippen LogP contribution < -0.4 is 4.74 Å². The quantitative estimate of drug-likeness (QED) is 0.803. The molecule has 4 nitrogen and oxygen atoms in total. The van der Waals surface area contributed by atoms with Gasteiger partial charge in [-0.15, -0.1) is 0 Å². The molecule has 0 fully saturated rings. The number of hydrogen-bond acceptors (Lipinski definition) is 3. The van der Waals surface area contributed by atoms with Crippen LogP contribution in [0.15, 0.2) is 54.7 Å². The molecule has 0 radical (unpaired) electrons. The van der Waals surface area contributed by atoms with E-state index in [2.05, 4.69) is 0 Å². The lowest BCUT2D eigenvalue weighted by Crippen LogP contribution is -2.10. The van der Waals surface area contributed by atoms with Crippen LogP contribution in [0.4, 0.5) is 0 Å². The molecule has 0 amide bonds. The predicted octanol–water partition coefficient (Wildman–Crippen LogP) is 2.83. The summed E-state index contributed by atoms with van der Waals surface area (Å²) in [6, 6.07) is 14.6. The summed E-state index contributed by atoms with van der Waals surface area (Å²) in [7, 11) is 1.57. The summed E-state index contributed by atoms with van der Waals surface area (Å²) in [4.78, 5) is 12.7. The second kappa shape index (κ2) is 5.42. The summed E-state index contributed by atoms with van der Waals surface area (Å²) >= 11 is 0. The molecule has 1 N–H and O–H groups in total. The summed E-state index contributed by atoms with van der Waals surface area (Å²) in [6.45, 7) is -0.0983. The van der Waals surface area contributed by atoms with Crippen molar-refractivity contribution in [2.75, 3.05) is 7.11 Å². The third-order valence-corrected chi connectivity index (χ3v) is 3.50. The van der Waals surface area contributed by atoms with Crippen molar-refractivity contribution in [1.82, 2.24) is 4.57 Å². The first-order chi connectivity index (χ1) is 10.2. The Morgan fingerprint density at radius 1 is 1.19 bits per heavy atom. The van der Waals surface area contributed by atoms with E-state index >= 15 is 0 Å². The molecule has 0 spiro atoms. The zero-order chi connectivity index (χ0) is 14.8. The third-order valence-electron chi connectivity index (χ3n) is 3.50. The molecule has 0 atom stereocenters. The van der Waals surface area contributed by atoms with E-state index < -0.39 is 0 Å². The van der Waals surface area contributed by atoms with Gasteiger partial charge in [0.25, 0.3) is 5.91 Å². The van der Waals surface area contributed by atoms with Gasteiger partial charge in [0.05, 0.1) is 19.2 Å². The molecule has 106 valence electrons. The van der Waals surface area contributed by atoms with Gasteiger partial charge in [0.2, 0.25) is 0 Å². The molecule has 21 heavy (non-hydrogen) atoms. The van der Waals surface area contributed by atoms with Crippen molar-refractivity contribution in [3.63, 3.8) is 0 Å². The third kappa shape index (κ3) is 2.30. The number of benzene rings is 2. The number of aromatic nitrogens is 1. The minimum Gasteiger partial charge on any atom is -0.497 e. The number of fused-ring (bicyclic) bond motifs is 1. The minimum absolute atomic E-state index is 0.0983. The zero-order valence-electron chi connectivity index (χ0n) is 11.6. The van der Waals surface area contributed by atoms with Crippen LogP contribution in [0.1, 0.15) is 15.9 Å². The number of carbonyl (C=O) groups is 1. The molecule has 0 aliphatic rings. The number of nitrogens with zero attached hydrogens (tertiary/aromatic N) is 1. The summed E-state index contributed by atoms with van der Waals surface area (Å²) in [6.07, 6.45) is 1.69. The highest BCUT2D eigenvalue weighted by Gasteiger charge is 2.15. The molecule has 0 aliphatic carbocycles. The smallest absolute Gasteiger partial charge is 0.262 e. The second-order valence-electron chi connectivity index (χ2n) is 4.74. The molecule has 0 unspecified atom stereocenters. The molecule has 3 aromatic rings. The van der Waals surface area contributed by atoms with Crippen LogP contribution in [0.25, 0.3) is 10.9 Å². The molecular weight excluding hydrogens is 266 g/mol. The lowest BCUT2D eigenvalue weighted by atomic mass is 10.2. The van der Waals surface area contributed by atoms with Gasteiger partial charge < -0.3 is 9.84 Å². The average Bonchev–Trinajstić information content (AvgIpc) is 2.93. The van der Waals surface area contributed by atoms with Crippen LogP contribution in [0, 0.1) is 0 Å². The number of aliphatic hydroxyl groups is 1. The molecule has 0 bridgehead atoms. The summed E-state index contributed by atoms with van der Waals surface area (Å²) in [5, 5.41) is 10.3. The van der Waals surface area contributed by atoms with E-state index in [-0.39, 0.29) is 12.5 Å². The van der Waals surface area contributed by atoms with Crippen molar-refractivity contribution in [2.45, 2.75) is 6.61 Å². The Bertz CT molecular complexity index is 805. The van der Waals surface area contributed by atoms with Gasteiger partial charge in [0.1, 0.15) is 5.75 Å². The van der Waals surface area contributed by atoms with Crippen molar-refractivity contribution < 1.29 is 14.6 Å². The molecular formula is C17H15NO3. The highest BCUT2D eigenvalue weighted by atomic mass is 16.5. The first kappa shape index (κ1) is 13.4. The average molecular weight is 281 g/mol. The van der Waals surface area contributed by atoms with E-state index in [1.165, 1.54) is 0 Å². The zero-order valence-corrected chi connectivity index (χ0v) is 11.6. The fraction of sp³-hybridized carbons (Fsp3) is 0.118. The van der Waals surface area contributed by atoms with E-state index in [4.69, 9.17) is 4.74 Å². The van der Waals surface area contributed by atoms with Gasteiger partial charge >= 0.3 is 0 Å². The van der Waals surface area contributed by atoms with Crippen LogP contribution >= 0.6 is 0 Å². The SMILES string of the molecule is COc1cccc(C(=O)n2cc(CO)c3ccccc32)c1. The van der Waals surface area contributed by atoms with Crippen molar-refractivity contribution in [3.05, 3.63) is 65.9 Å². The molecule has 1 aromatic heterocycles. The molecule has 2 aromatic carbocycles. The highest BCUT2D eigenvalue weighted by molar-refractivity contribution is 6.03. The molecule has 0 saturated carbocycles. The van der Waals surface area contributed by atoms with Crippen molar-refractivity contribution in [2.24, 2.45) is 0 Å². The molecule has 4 heteroatoms. The van der Waals surface area contributed by atoms with Crippen LogP contribution in [0.2, 0.25) is 0 Å². The number of carbonyl (C=O) groups excluding carboxylic acids is 1. The highest BCUT2D eigenvalue weighted by Crippen LogP contribution is 2.23. The van der Waals surface area contributed by atoms with Crippen molar-refractivity contribution in [3.8, 4) is 5.75 Å². The second-order valence-corrected chi connectivity index (χ2v) is 4.74. The first-order valence-electron chi connectivity index (χ1n) is 6.63.